The van der Waals surface area contributed by atoms with Crippen molar-refractivity contribution >= 4 is 118 Å². The van der Waals surface area contributed by atoms with Crippen LogP contribution in [0.1, 0.15) is 38.2 Å². The van der Waals surface area contributed by atoms with Crippen molar-refractivity contribution in [3.8, 4) is 17.6 Å². The normalized spacial score (nSPS) is 22.9. The molecule has 4 aromatic rings. The van der Waals surface area contributed by atoms with Gasteiger partial charge in [-0.15, -0.1) is 12.4 Å². The first-order chi connectivity index (χ1) is 36.1. The van der Waals surface area contributed by atoms with Crippen LogP contribution in [0.4, 0.5) is 19.2 Å². The molecule has 0 spiro atoms. The number of halogens is 3. The molecule has 412 valence electrons. The second-order valence-electron chi connectivity index (χ2n) is 17.7. The van der Waals surface area contributed by atoms with Crippen molar-refractivity contribution in [1.82, 2.24) is 56.9 Å². The van der Waals surface area contributed by atoms with Gasteiger partial charge >= 0.3 is 24.1 Å². The maximum atomic E-state index is 13.1. The van der Waals surface area contributed by atoms with Crippen LogP contribution in [0, 0.1) is 11.8 Å². The van der Waals surface area contributed by atoms with Crippen molar-refractivity contribution in [2.24, 2.45) is 5.73 Å². The summed E-state index contributed by atoms with van der Waals surface area (Å²) in [5, 5.41) is 18.6. The van der Waals surface area contributed by atoms with Crippen molar-refractivity contribution in [3.63, 3.8) is 0 Å². The van der Waals surface area contributed by atoms with E-state index in [0.717, 1.165) is 27.0 Å². The van der Waals surface area contributed by atoms with Crippen molar-refractivity contribution < 1.29 is 64.7 Å². The predicted octanol–water partition coefficient (Wildman–Crippen LogP) is -0.238. The molecule has 0 aromatic heterocycles. The number of hydrogen-bond acceptors (Lipinski definition) is 15. The molecule has 5 aliphatic rings. The summed E-state index contributed by atoms with van der Waals surface area (Å²) in [6.45, 7) is -0.687. The minimum atomic E-state index is -3.69. The Kier molecular flexibility index (Phi) is 17.8. The van der Waals surface area contributed by atoms with Gasteiger partial charge < -0.3 is 36.6 Å². The standard InChI is InChI=1S/C26H24N6O8S.C11H12BrN3O4S.C10H10BrN3O2.ClH/c1-40-18-8-5-16-12-32(20(33)19(16)11-18)14-25(21(34)28-23(36)30-25)10-9-15-3-6-17(7-4-15)26(13-27-41(2,38)39)22(35)29-24(37)31-26;1-20(18,19)13-6-11(9(16)14-10(17)15-11)7-2-4-8(12)5-3-7;11-7-3-1-6(2-4-7)10(5-12)8(15)13-9(16)14-10;/h3-8,11,27H,12-14H2,1-2H3,(H2,28,30,34,36)(H2,29,31,35,37);2-5,13H,6H2,1H3,(H2,14,15,16,17);1-4H,5,12H2,(H2,13,14,15,16);1H/t25-,26+;11-;10-;/m100./s1. The molecule has 4 saturated heterocycles. The second-order valence-corrected chi connectivity index (χ2v) is 23.2. The molecular formula is C47H47Br2ClN12O14S2. The number of imide groups is 4. The monoisotopic (exact) mass is 1260 g/mol. The molecule has 4 aromatic carbocycles. The van der Waals surface area contributed by atoms with Gasteiger partial charge in [0.1, 0.15) is 5.75 Å². The summed E-state index contributed by atoms with van der Waals surface area (Å²) in [7, 11) is -5.70. The Bertz CT molecular complexity index is 3440. The predicted molar refractivity (Wildman–Crippen MR) is 286 cm³/mol. The number of urea groups is 4. The van der Waals surface area contributed by atoms with Crippen LogP contribution in [0.3, 0.4) is 0 Å². The Morgan fingerprint density at radius 1 is 0.603 bits per heavy atom. The van der Waals surface area contributed by atoms with Crippen LogP contribution in [-0.4, -0.2) is 127 Å². The van der Waals surface area contributed by atoms with E-state index in [1.54, 1.807) is 66.7 Å². The smallest absolute Gasteiger partial charge is 0.323 e. The average Bonchev–Trinajstić information content (AvgIpc) is 4.26. The number of sulfonamides is 2. The Hall–Kier alpha value is -7.50. The molecule has 13 amide bonds. The summed E-state index contributed by atoms with van der Waals surface area (Å²) in [6, 6.07) is 22.1. The van der Waals surface area contributed by atoms with Gasteiger partial charge in [0.15, 0.2) is 16.6 Å². The van der Waals surface area contributed by atoms with Crippen molar-refractivity contribution in [2.45, 2.75) is 28.7 Å². The zero-order valence-corrected chi connectivity index (χ0v) is 46.5. The molecule has 78 heavy (non-hydrogen) atoms. The lowest BCUT2D eigenvalue weighted by molar-refractivity contribution is -0.124. The molecule has 0 aliphatic carbocycles. The number of hydrogen-bond donors (Lipinski definition) is 11. The lowest BCUT2D eigenvalue weighted by Gasteiger charge is -2.27. The van der Waals surface area contributed by atoms with Crippen LogP contribution in [0.5, 0.6) is 5.75 Å². The zero-order valence-electron chi connectivity index (χ0n) is 40.9. The zero-order chi connectivity index (χ0) is 56.3. The molecule has 5 heterocycles. The van der Waals surface area contributed by atoms with E-state index in [2.05, 4.69) is 95.7 Å². The van der Waals surface area contributed by atoms with E-state index in [4.69, 9.17) is 10.5 Å². The molecule has 5 aliphatic heterocycles. The lowest BCUT2D eigenvalue weighted by Crippen LogP contribution is -2.54. The summed E-state index contributed by atoms with van der Waals surface area (Å²) < 4.78 is 57.2. The van der Waals surface area contributed by atoms with Gasteiger partial charge in [0.25, 0.3) is 29.5 Å². The van der Waals surface area contributed by atoms with Gasteiger partial charge in [0.05, 0.1) is 26.2 Å². The van der Waals surface area contributed by atoms with Crippen LogP contribution < -0.4 is 62.4 Å². The highest BCUT2D eigenvalue weighted by molar-refractivity contribution is 9.10. The maximum absolute atomic E-state index is 13.1. The van der Waals surface area contributed by atoms with Gasteiger partial charge in [0, 0.05) is 46.3 Å². The fourth-order valence-electron chi connectivity index (χ4n) is 8.38. The Labute approximate surface area is 468 Å². The first-order valence-electron chi connectivity index (χ1n) is 22.4. The van der Waals surface area contributed by atoms with Gasteiger partial charge in [0.2, 0.25) is 25.6 Å². The number of rotatable bonds is 13. The topological polar surface area (TPSA) is 381 Å². The number of methoxy groups -OCH3 is 1. The summed E-state index contributed by atoms with van der Waals surface area (Å²) in [4.78, 5) is 110. The number of nitrogens with two attached hydrogens (primary N) is 1. The number of amides is 13. The fraction of sp³-hybridized carbons (Fsp3) is 0.255. The molecular weight excluding hydrogens is 1220 g/mol. The third-order valence-corrected chi connectivity index (χ3v) is 14.8. The minimum absolute atomic E-state index is 0. The number of fused-ring (bicyclic) bond motifs is 1. The molecule has 26 nitrogen and oxygen atoms in total. The summed E-state index contributed by atoms with van der Waals surface area (Å²) in [5.74, 6) is 3.32. The molecule has 0 unspecified atom stereocenters. The van der Waals surface area contributed by atoms with Gasteiger partial charge in [-0.1, -0.05) is 86.2 Å². The van der Waals surface area contributed by atoms with Crippen LogP contribution in [0.2, 0.25) is 0 Å². The van der Waals surface area contributed by atoms with E-state index in [-0.39, 0.29) is 50.1 Å². The number of carbonyl (C=O) groups is 9. The summed E-state index contributed by atoms with van der Waals surface area (Å²) in [5.41, 5.74) is 2.56. The number of ether oxygens (including phenoxy) is 1. The molecule has 4 atom stereocenters. The van der Waals surface area contributed by atoms with E-state index in [1.807, 2.05) is 0 Å². The molecule has 9 rings (SSSR count). The Morgan fingerprint density at radius 2 is 1.01 bits per heavy atom. The van der Waals surface area contributed by atoms with Crippen LogP contribution >= 0.6 is 44.3 Å². The molecule has 0 radical (unpaired) electrons. The van der Waals surface area contributed by atoms with Crippen LogP contribution in [-0.2, 0) is 62.4 Å². The number of nitrogens with zero attached hydrogens (tertiary/aromatic N) is 1. The molecule has 0 saturated carbocycles. The molecule has 0 bridgehead atoms. The van der Waals surface area contributed by atoms with Crippen molar-refractivity contribution in [3.05, 3.63) is 133 Å². The number of benzene rings is 4. The third kappa shape index (κ3) is 12.9. The van der Waals surface area contributed by atoms with E-state index in [1.165, 1.54) is 36.3 Å². The largest absolute Gasteiger partial charge is 0.497 e. The molecule has 4 fully saturated rings. The molecule has 12 N–H and O–H groups in total. The van der Waals surface area contributed by atoms with Crippen molar-refractivity contribution in [2.75, 3.05) is 45.8 Å². The number of carbonyl (C=O) groups excluding carboxylic acids is 9. The highest BCUT2D eigenvalue weighted by Gasteiger charge is 2.51. The van der Waals surface area contributed by atoms with Gasteiger partial charge in [-0.3, -0.25) is 45.2 Å². The Morgan fingerprint density at radius 3 is 1.40 bits per heavy atom. The van der Waals surface area contributed by atoms with Gasteiger partial charge in [-0.05, 0) is 70.8 Å². The van der Waals surface area contributed by atoms with Crippen LogP contribution in [0.25, 0.3) is 0 Å². The minimum Gasteiger partial charge on any atom is -0.497 e. The highest BCUT2D eigenvalue weighted by Crippen LogP contribution is 2.31. The van der Waals surface area contributed by atoms with Gasteiger partial charge in [-0.25, -0.2) is 45.5 Å². The van der Waals surface area contributed by atoms with Crippen molar-refractivity contribution in [1.29, 1.82) is 0 Å². The first kappa shape index (κ1) is 59.7. The quantitative estimate of drug-likeness (QED) is 0.0608. The second kappa shape index (κ2) is 23.2. The third-order valence-electron chi connectivity index (χ3n) is 12.4. The van der Waals surface area contributed by atoms with E-state index in [9.17, 15) is 60.0 Å². The highest BCUT2D eigenvalue weighted by atomic mass is 79.9. The number of nitrogens with one attached hydrogen (secondary N) is 10. The van der Waals surface area contributed by atoms with E-state index >= 15 is 0 Å². The average molecular weight is 1260 g/mol. The maximum Gasteiger partial charge on any atom is 0.323 e. The van der Waals surface area contributed by atoms with E-state index in [0.29, 0.717) is 28.0 Å². The summed E-state index contributed by atoms with van der Waals surface area (Å²) >= 11 is 6.57. The summed E-state index contributed by atoms with van der Waals surface area (Å²) in [6.07, 6.45) is 1.91. The first-order valence-corrected chi connectivity index (χ1v) is 27.8. The lowest BCUT2D eigenvalue weighted by atomic mass is 9.89. The van der Waals surface area contributed by atoms with Gasteiger partial charge in [-0.2, -0.15) is 0 Å². The fourth-order valence-corrected chi connectivity index (χ4v) is 9.86. The van der Waals surface area contributed by atoms with E-state index < -0.39 is 96.5 Å². The SMILES string of the molecule is COc1ccc2c(c1)C(=O)N(C[C@@]1(C#Cc3ccc([C@]4(CNS(C)(=O)=O)NC(=O)NC4=O)cc3)NC(=O)NC1=O)C2.CS(=O)(=O)NC[C@@]1(c2ccc(Br)cc2)NC(=O)NC1=O.Cl.NC[C@@]1(c2ccc(Br)cc2)NC(=O)NC1=O. The van der Waals surface area contributed by atoms with Crippen LogP contribution in [0.15, 0.2) is 99.9 Å². The molecule has 31 heteroatoms. The Balaban J connectivity index is 0.000000220.